The third kappa shape index (κ3) is 1.85. The number of H-pyrrole nitrogens is 2. The summed E-state index contributed by atoms with van der Waals surface area (Å²) in [6.45, 7) is 0.365. The molecule has 0 spiro atoms. The second kappa shape index (κ2) is 4.01. The lowest BCUT2D eigenvalue weighted by molar-refractivity contribution is -0.461. The van der Waals surface area contributed by atoms with Gasteiger partial charge in [-0.25, -0.2) is 4.79 Å². The Morgan fingerprint density at radius 2 is 2.06 bits per heavy atom. The lowest BCUT2D eigenvalue weighted by Crippen LogP contribution is -2.29. The lowest BCUT2D eigenvalue weighted by atomic mass is 10.2. The molecular weight excluding hydrogens is 208 g/mol. The summed E-state index contributed by atoms with van der Waals surface area (Å²) >= 11 is 0. The van der Waals surface area contributed by atoms with E-state index in [1.165, 1.54) is 4.68 Å². The third-order valence-corrected chi connectivity index (χ3v) is 2.20. The van der Waals surface area contributed by atoms with Crippen molar-refractivity contribution in [2.75, 3.05) is 0 Å². The van der Waals surface area contributed by atoms with Crippen molar-refractivity contribution >= 4 is 5.91 Å². The lowest BCUT2D eigenvalue weighted by Gasteiger charge is -1.94. The van der Waals surface area contributed by atoms with E-state index in [1.54, 1.807) is 0 Å². The SMILES string of the molecule is NC(=O)c1[nH+][nH]n(Cc2ccccc2)c1=O. The van der Waals surface area contributed by atoms with Gasteiger partial charge in [0.05, 0.1) is 0 Å². The first-order chi connectivity index (χ1) is 7.68. The fraction of sp³-hybridized carbons (Fsp3) is 0.100. The largest absolute Gasteiger partial charge is 0.406 e. The van der Waals surface area contributed by atoms with Gasteiger partial charge in [-0.15, -0.1) is 4.68 Å². The van der Waals surface area contributed by atoms with E-state index in [1.807, 2.05) is 30.3 Å². The molecule has 0 unspecified atom stereocenters. The molecule has 0 saturated carbocycles. The van der Waals surface area contributed by atoms with Crippen molar-refractivity contribution in [2.24, 2.45) is 5.73 Å². The van der Waals surface area contributed by atoms with Gasteiger partial charge in [0.25, 0.3) is 11.6 Å². The Bertz CT molecular complexity index is 556. The quantitative estimate of drug-likeness (QED) is 0.702. The molecule has 0 saturated heterocycles. The molecule has 1 aromatic carbocycles. The maximum atomic E-state index is 11.6. The predicted molar refractivity (Wildman–Crippen MR) is 55.7 cm³/mol. The zero-order chi connectivity index (χ0) is 11.5. The van der Waals surface area contributed by atoms with Crippen LogP contribution in [0.4, 0.5) is 0 Å². The van der Waals surface area contributed by atoms with Gasteiger partial charge in [0, 0.05) is 0 Å². The summed E-state index contributed by atoms with van der Waals surface area (Å²) in [7, 11) is 0. The van der Waals surface area contributed by atoms with Crippen molar-refractivity contribution in [3.8, 4) is 0 Å². The zero-order valence-corrected chi connectivity index (χ0v) is 8.43. The van der Waals surface area contributed by atoms with Crippen LogP contribution >= 0.6 is 0 Å². The Balaban J connectivity index is 2.30. The maximum absolute atomic E-state index is 11.6. The van der Waals surface area contributed by atoms with Gasteiger partial charge in [-0.3, -0.25) is 4.79 Å². The van der Waals surface area contributed by atoms with E-state index in [4.69, 9.17) is 5.73 Å². The standard InChI is InChI=1S/C10H10N4O2/c11-9(15)8-10(16)14(13-12-8)6-7-4-2-1-3-5-7/h1-5,13H,6H2,(H2,11,15)/p+1. The van der Waals surface area contributed by atoms with Gasteiger partial charge in [-0.05, 0) is 5.56 Å². The molecule has 4 N–H and O–H groups in total. The van der Waals surface area contributed by atoms with Crippen LogP contribution in [-0.2, 0) is 6.54 Å². The van der Waals surface area contributed by atoms with Crippen molar-refractivity contribution in [2.45, 2.75) is 6.54 Å². The summed E-state index contributed by atoms with van der Waals surface area (Å²) in [6.07, 6.45) is 0. The third-order valence-electron chi connectivity index (χ3n) is 2.20. The van der Waals surface area contributed by atoms with Crippen LogP contribution in [0, 0.1) is 0 Å². The van der Waals surface area contributed by atoms with E-state index in [0.717, 1.165) is 5.56 Å². The normalized spacial score (nSPS) is 10.2. The molecule has 82 valence electrons. The average Bonchev–Trinajstić information content (AvgIpc) is 2.62. The number of carbonyl (C=O) groups excluding carboxylic acids is 1. The highest BCUT2D eigenvalue weighted by Gasteiger charge is 2.19. The van der Waals surface area contributed by atoms with Gasteiger partial charge in [0.15, 0.2) is 0 Å². The first-order valence-electron chi connectivity index (χ1n) is 4.72. The molecule has 0 radical (unpaired) electrons. The van der Waals surface area contributed by atoms with E-state index in [2.05, 4.69) is 10.3 Å². The van der Waals surface area contributed by atoms with Crippen LogP contribution in [0.2, 0.25) is 0 Å². The summed E-state index contributed by atoms with van der Waals surface area (Å²) in [5.41, 5.74) is 5.38. The molecule has 16 heavy (non-hydrogen) atoms. The van der Waals surface area contributed by atoms with Crippen molar-refractivity contribution in [3.05, 3.63) is 51.9 Å². The van der Waals surface area contributed by atoms with Crippen LogP contribution in [0.3, 0.4) is 0 Å². The summed E-state index contributed by atoms with van der Waals surface area (Å²) in [4.78, 5) is 22.5. The van der Waals surface area contributed by atoms with E-state index < -0.39 is 11.5 Å². The van der Waals surface area contributed by atoms with Crippen LogP contribution in [0.15, 0.2) is 35.1 Å². The zero-order valence-electron chi connectivity index (χ0n) is 8.43. The Morgan fingerprint density at radius 1 is 1.38 bits per heavy atom. The number of amides is 1. The monoisotopic (exact) mass is 219 g/mol. The fourth-order valence-corrected chi connectivity index (χ4v) is 1.41. The summed E-state index contributed by atoms with van der Waals surface area (Å²) in [5.74, 6) is -0.770. The number of hydrogen-bond acceptors (Lipinski definition) is 2. The van der Waals surface area contributed by atoms with Crippen molar-refractivity contribution < 1.29 is 9.89 Å². The molecule has 0 fully saturated rings. The number of primary amides is 1. The fourth-order valence-electron chi connectivity index (χ4n) is 1.41. The van der Waals surface area contributed by atoms with E-state index >= 15 is 0 Å². The highest BCUT2D eigenvalue weighted by atomic mass is 16.2. The second-order valence-electron chi connectivity index (χ2n) is 3.35. The number of rotatable bonds is 3. The minimum Gasteiger partial charge on any atom is -0.362 e. The molecule has 6 heteroatoms. The highest BCUT2D eigenvalue weighted by molar-refractivity contribution is 5.88. The molecule has 2 rings (SSSR count). The van der Waals surface area contributed by atoms with Crippen LogP contribution in [0.5, 0.6) is 0 Å². The highest BCUT2D eigenvalue weighted by Crippen LogP contribution is 1.98. The van der Waals surface area contributed by atoms with Crippen LogP contribution in [-0.4, -0.2) is 15.8 Å². The van der Waals surface area contributed by atoms with Gasteiger partial charge in [0.1, 0.15) is 6.54 Å². The first-order valence-corrected chi connectivity index (χ1v) is 4.72. The van der Waals surface area contributed by atoms with Gasteiger partial charge in [-0.2, -0.15) is 5.10 Å². The number of nitrogens with one attached hydrogen (secondary N) is 2. The molecular formula is C10H11N4O2+. The molecule has 2 aromatic rings. The number of aromatic amines is 2. The number of nitrogens with two attached hydrogens (primary N) is 1. The predicted octanol–water partition coefficient (Wildman–Crippen LogP) is -0.862. The Labute approximate surface area is 90.7 Å². The van der Waals surface area contributed by atoms with Gasteiger partial charge < -0.3 is 5.73 Å². The molecule has 0 atom stereocenters. The molecule has 1 amide bonds. The van der Waals surface area contributed by atoms with Gasteiger partial charge in [0.2, 0.25) is 0 Å². The summed E-state index contributed by atoms with van der Waals surface area (Å²) in [5, 5.41) is 5.03. The van der Waals surface area contributed by atoms with E-state index in [0.29, 0.717) is 6.54 Å². The molecule has 6 nitrogen and oxygen atoms in total. The van der Waals surface area contributed by atoms with Crippen LogP contribution in [0.1, 0.15) is 16.1 Å². The number of hydrogen-bond donors (Lipinski definition) is 2. The molecule has 0 aliphatic carbocycles. The topological polar surface area (TPSA) is 95.0 Å². The van der Waals surface area contributed by atoms with E-state index in [9.17, 15) is 9.59 Å². The molecule has 0 aliphatic rings. The van der Waals surface area contributed by atoms with Crippen molar-refractivity contribution in [1.82, 2.24) is 9.90 Å². The molecule has 0 bridgehead atoms. The second-order valence-corrected chi connectivity index (χ2v) is 3.35. The minimum absolute atomic E-state index is 0.143. The number of aromatic nitrogens is 3. The van der Waals surface area contributed by atoms with E-state index in [-0.39, 0.29) is 5.69 Å². The smallest absolute Gasteiger partial charge is 0.362 e. The van der Waals surface area contributed by atoms with Crippen LogP contribution < -0.4 is 16.4 Å². The van der Waals surface area contributed by atoms with Gasteiger partial charge in [-0.1, -0.05) is 35.5 Å². The Morgan fingerprint density at radius 3 is 2.62 bits per heavy atom. The molecule has 1 aromatic heterocycles. The van der Waals surface area contributed by atoms with Crippen molar-refractivity contribution in [1.29, 1.82) is 0 Å². The number of benzene rings is 1. The number of carbonyl (C=O) groups is 1. The summed E-state index contributed by atoms with van der Waals surface area (Å²) in [6, 6.07) is 9.42. The Kier molecular flexibility index (Phi) is 2.55. The summed E-state index contributed by atoms with van der Waals surface area (Å²) < 4.78 is 1.29. The van der Waals surface area contributed by atoms with Crippen LogP contribution in [0.25, 0.3) is 0 Å². The first kappa shape index (κ1) is 10.2. The van der Waals surface area contributed by atoms with Crippen molar-refractivity contribution in [3.63, 3.8) is 0 Å². The average molecular weight is 219 g/mol. The number of nitrogens with zero attached hydrogens (tertiary/aromatic N) is 1. The molecule has 1 heterocycles. The Hall–Kier alpha value is -2.37. The van der Waals surface area contributed by atoms with Gasteiger partial charge >= 0.3 is 5.56 Å². The molecule has 0 aliphatic heterocycles. The maximum Gasteiger partial charge on any atom is 0.406 e. The minimum atomic E-state index is -0.770.